The highest BCUT2D eigenvalue weighted by molar-refractivity contribution is 6.27. The molecule has 0 bridgehead atoms. The zero-order valence-corrected chi connectivity index (χ0v) is 18.0. The molecule has 0 spiro atoms. The molecular weight excluding hydrogens is 454 g/mol. The molecule has 3 aromatic heterocycles. The van der Waals surface area contributed by atoms with Crippen LogP contribution in [0.3, 0.4) is 0 Å². The van der Waals surface area contributed by atoms with E-state index in [4.69, 9.17) is 49.0 Å². The Morgan fingerprint density at radius 3 is 2.24 bits per heavy atom. The van der Waals surface area contributed by atoms with Crippen molar-refractivity contribution in [3.8, 4) is 0 Å². The number of hydrogen-bond donors (Lipinski definition) is 6. The van der Waals surface area contributed by atoms with Gasteiger partial charge in [-0.05, 0) is 44.2 Å². The van der Waals surface area contributed by atoms with Crippen LogP contribution < -0.4 is 10.6 Å². The first-order valence-electron chi connectivity index (χ1n) is 9.84. The molecule has 14 heteroatoms. The van der Waals surface area contributed by atoms with Gasteiger partial charge in [0.1, 0.15) is 17.0 Å². The van der Waals surface area contributed by atoms with Crippen LogP contribution in [0.15, 0.2) is 34.9 Å². The predicted molar refractivity (Wildman–Crippen MR) is 116 cm³/mol. The van der Waals surface area contributed by atoms with E-state index in [0.29, 0.717) is 12.6 Å². The van der Waals surface area contributed by atoms with Gasteiger partial charge in [-0.2, -0.15) is 0 Å². The van der Waals surface area contributed by atoms with Crippen LogP contribution in [0, 0.1) is 6.92 Å². The monoisotopic (exact) mass is 477 g/mol. The van der Waals surface area contributed by atoms with Crippen molar-refractivity contribution in [3.63, 3.8) is 0 Å². The second-order valence-electron chi connectivity index (χ2n) is 6.93. The van der Waals surface area contributed by atoms with Crippen molar-refractivity contribution in [2.45, 2.75) is 25.9 Å². The van der Waals surface area contributed by atoms with Crippen molar-refractivity contribution >= 4 is 41.0 Å². The number of nitrogens with zero attached hydrogens (tertiary/aromatic N) is 3. The molecule has 1 aliphatic heterocycles. The summed E-state index contributed by atoms with van der Waals surface area (Å²) in [6.45, 7) is 4.60. The van der Waals surface area contributed by atoms with E-state index >= 15 is 0 Å². The van der Waals surface area contributed by atoms with Crippen LogP contribution in [0.25, 0.3) is 11.2 Å². The highest BCUT2D eigenvalue weighted by Gasteiger charge is 2.19. The van der Waals surface area contributed by atoms with Crippen LogP contribution >= 0.6 is 0 Å². The number of furan rings is 1. The molecule has 4 rings (SSSR count). The third-order valence-electron chi connectivity index (χ3n) is 4.37. The zero-order chi connectivity index (χ0) is 25.3. The van der Waals surface area contributed by atoms with Gasteiger partial charge in [0.25, 0.3) is 0 Å². The Kier molecular flexibility index (Phi) is 9.08. The van der Waals surface area contributed by atoms with Gasteiger partial charge < -0.3 is 35.5 Å². The molecule has 1 unspecified atom stereocenters. The number of aryl methyl sites for hydroxylation is 1. The second kappa shape index (κ2) is 12.0. The Balaban J connectivity index is 0.000000285. The molecule has 1 aliphatic rings. The average Bonchev–Trinajstić information content (AvgIpc) is 3.51. The summed E-state index contributed by atoms with van der Waals surface area (Å²) in [5, 5.41) is 36.5. The molecular formula is C20H23N5O9. The van der Waals surface area contributed by atoms with Crippen LogP contribution in [0.5, 0.6) is 0 Å². The molecule has 4 heterocycles. The van der Waals surface area contributed by atoms with E-state index in [9.17, 15) is 0 Å². The maximum absolute atomic E-state index is 9.10. The standard InChI is InChI=1S/C16H19N5O.2C2H2O4/c1-11-4-5-13(22-11)10-21-15-14(3-2-7-18-15)20-16(21)19-12-6-8-17-9-12;2*3-1(4)2(5)6/h2-5,7,12,17H,6,8-10H2,1H3,(H,19,20);2*(H,3,4)(H,5,6). The lowest BCUT2D eigenvalue weighted by molar-refractivity contribution is -0.159. The second-order valence-corrected chi connectivity index (χ2v) is 6.93. The van der Waals surface area contributed by atoms with E-state index < -0.39 is 23.9 Å². The number of carboxylic acid groups (broad SMARTS) is 4. The Morgan fingerprint density at radius 2 is 1.74 bits per heavy atom. The number of pyridine rings is 1. The summed E-state index contributed by atoms with van der Waals surface area (Å²) in [6, 6.07) is 8.30. The molecule has 3 aromatic rings. The summed E-state index contributed by atoms with van der Waals surface area (Å²) in [7, 11) is 0. The largest absolute Gasteiger partial charge is 0.473 e. The fourth-order valence-electron chi connectivity index (χ4n) is 2.90. The van der Waals surface area contributed by atoms with Gasteiger partial charge in [0, 0.05) is 18.8 Å². The van der Waals surface area contributed by atoms with Gasteiger partial charge in [-0.1, -0.05) is 0 Å². The summed E-state index contributed by atoms with van der Waals surface area (Å²) in [5.41, 5.74) is 1.78. The van der Waals surface area contributed by atoms with Gasteiger partial charge in [-0.15, -0.1) is 0 Å². The van der Waals surface area contributed by atoms with Crippen molar-refractivity contribution < 1.29 is 44.0 Å². The molecule has 0 saturated carbocycles. The van der Waals surface area contributed by atoms with Crippen LogP contribution in [0.2, 0.25) is 0 Å². The van der Waals surface area contributed by atoms with Crippen LogP contribution in [0.4, 0.5) is 5.95 Å². The highest BCUT2D eigenvalue weighted by Crippen LogP contribution is 2.21. The Morgan fingerprint density at radius 1 is 1.09 bits per heavy atom. The molecule has 0 aromatic carbocycles. The van der Waals surface area contributed by atoms with Crippen LogP contribution in [-0.2, 0) is 25.7 Å². The topological polar surface area (TPSA) is 217 Å². The van der Waals surface area contributed by atoms with Crippen molar-refractivity contribution in [2.24, 2.45) is 0 Å². The predicted octanol–water partition coefficient (Wildman–Crippen LogP) is 0.466. The lowest BCUT2D eigenvalue weighted by Crippen LogP contribution is -2.24. The fourth-order valence-corrected chi connectivity index (χ4v) is 2.90. The van der Waals surface area contributed by atoms with Gasteiger partial charge in [-0.25, -0.2) is 29.1 Å². The van der Waals surface area contributed by atoms with E-state index in [-0.39, 0.29) is 0 Å². The molecule has 0 amide bonds. The van der Waals surface area contributed by atoms with Gasteiger partial charge in [-0.3, -0.25) is 4.57 Å². The van der Waals surface area contributed by atoms with Gasteiger partial charge in [0.2, 0.25) is 5.95 Å². The minimum atomic E-state index is -1.82. The molecule has 1 atom stereocenters. The van der Waals surface area contributed by atoms with Crippen LogP contribution in [-0.4, -0.2) is 78.0 Å². The number of anilines is 1. The quantitative estimate of drug-likeness (QED) is 0.282. The number of carbonyl (C=O) groups is 4. The summed E-state index contributed by atoms with van der Waals surface area (Å²) in [5.74, 6) is -4.61. The van der Waals surface area contributed by atoms with E-state index in [1.807, 2.05) is 31.2 Å². The van der Waals surface area contributed by atoms with Crippen molar-refractivity contribution in [1.82, 2.24) is 19.9 Å². The number of hydrogen-bond acceptors (Lipinski definition) is 9. The number of imidazole rings is 1. The number of aliphatic carboxylic acids is 4. The molecule has 6 N–H and O–H groups in total. The smallest absolute Gasteiger partial charge is 0.414 e. The number of fused-ring (bicyclic) bond motifs is 1. The number of nitrogens with one attached hydrogen (secondary N) is 2. The molecule has 182 valence electrons. The summed E-state index contributed by atoms with van der Waals surface area (Å²) >= 11 is 0. The van der Waals surface area contributed by atoms with E-state index in [2.05, 4.69) is 20.2 Å². The van der Waals surface area contributed by atoms with Crippen molar-refractivity contribution in [3.05, 3.63) is 42.0 Å². The summed E-state index contributed by atoms with van der Waals surface area (Å²) < 4.78 is 7.80. The minimum absolute atomic E-state index is 0.411. The van der Waals surface area contributed by atoms with Crippen molar-refractivity contribution in [2.75, 3.05) is 18.4 Å². The maximum Gasteiger partial charge on any atom is 0.414 e. The number of carboxylic acids is 4. The summed E-state index contributed by atoms with van der Waals surface area (Å²) in [6.07, 6.45) is 2.91. The van der Waals surface area contributed by atoms with Crippen LogP contribution in [0.1, 0.15) is 17.9 Å². The van der Waals surface area contributed by atoms with Gasteiger partial charge >= 0.3 is 23.9 Å². The minimum Gasteiger partial charge on any atom is -0.473 e. The number of rotatable bonds is 4. The first-order chi connectivity index (χ1) is 16.1. The molecule has 34 heavy (non-hydrogen) atoms. The Labute approximate surface area is 191 Å². The molecule has 14 nitrogen and oxygen atoms in total. The first kappa shape index (κ1) is 25.8. The zero-order valence-electron chi connectivity index (χ0n) is 18.0. The third kappa shape index (κ3) is 7.59. The van der Waals surface area contributed by atoms with Crippen molar-refractivity contribution in [1.29, 1.82) is 0 Å². The average molecular weight is 477 g/mol. The fraction of sp³-hybridized carbons (Fsp3) is 0.300. The molecule has 0 radical (unpaired) electrons. The highest BCUT2D eigenvalue weighted by atomic mass is 16.4. The Hall–Kier alpha value is -4.46. The molecule has 1 fully saturated rings. The normalized spacial score (nSPS) is 14.3. The Bertz CT molecular complexity index is 1120. The lowest BCUT2D eigenvalue weighted by Gasteiger charge is -2.13. The molecule has 0 aliphatic carbocycles. The van der Waals surface area contributed by atoms with E-state index in [0.717, 1.165) is 48.1 Å². The van der Waals surface area contributed by atoms with Gasteiger partial charge in [0.15, 0.2) is 5.65 Å². The van der Waals surface area contributed by atoms with E-state index in [1.54, 1.807) is 6.20 Å². The third-order valence-corrected chi connectivity index (χ3v) is 4.37. The number of aromatic nitrogens is 3. The summed E-state index contributed by atoms with van der Waals surface area (Å²) in [4.78, 5) is 45.6. The van der Waals surface area contributed by atoms with Gasteiger partial charge in [0.05, 0.1) is 6.54 Å². The SMILES string of the molecule is Cc1ccc(Cn2c(NC3CCNC3)nc3cccnc32)o1.O=C(O)C(=O)O.O=C(O)C(=O)O. The lowest BCUT2D eigenvalue weighted by atomic mass is 10.3. The first-order valence-corrected chi connectivity index (χ1v) is 9.84. The molecule has 1 saturated heterocycles. The maximum atomic E-state index is 9.10. The van der Waals surface area contributed by atoms with E-state index in [1.165, 1.54) is 0 Å².